The first kappa shape index (κ1) is 13.6. The molecule has 0 saturated carbocycles. The number of carbonyl (C=O) groups excluding carboxylic acids is 1. The second-order valence-corrected chi connectivity index (χ2v) is 5.49. The summed E-state index contributed by atoms with van der Waals surface area (Å²) in [5, 5.41) is 0. The molecular formula is C19H19NO. The standard InChI is InChI=1S/C19H19NO/c1-3-9-16-15-12-7-8-13-17(15)19(21)20(2)18(16)14-10-5-4-6-11-14/h3-8,10-13,16,18H,1,9H2,2H3/t16-,18+/m0/s1. The molecule has 2 atom stereocenters. The van der Waals surface area contributed by atoms with E-state index < -0.39 is 0 Å². The van der Waals surface area contributed by atoms with Gasteiger partial charge in [0.05, 0.1) is 6.04 Å². The van der Waals surface area contributed by atoms with Crippen molar-refractivity contribution < 1.29 is 4.79 Å². The molecule has 0 saturated heterocycles. The number of hydrogen-bond donors (Lipinski definition) is 0. The van der Waals surface area contributed by atoms with Crippen molar-refractivity contribution in [2.24, 2.45) is 0 Å². The Kier molecular flexibility index (Phi) is 3.61. The molecule has 0 N–H and O–H groups in total. The van der Waals surface area contributed by atoms with Crippen LogP contribution in [0, 0.1) is 0 Å². The summed E-state index contributed by atoms with van der Waals surface area (Å²) in [6.45, 7) is 3.90. The molecule has 2 nitrogen and oxygen atoms in total. The Morgan fingerprint density at radius 2 is 1.76 bits per heavy atom. The van der Waals surface area contributed by atoms with Crippen molar-refractivity contribution in [3.8, 4) is 0 Å². The lowest BCUT2D eigenvalue weighted by atomic mass is 9.78. The Morgan fingerprint density at radius 1 is 1.10 bits per heavy atom. The molecule has 0 aliphatic carbocycles. The van der Waals surface area contributed by atoms with Crippen molar-refractivity contribution in [1.29, 1.82) is 0 Å². The van der Waals surface area contributed by atoms with E-state index in [1.165, 1.54) is 5.56 Å². The zero-order chi connectivity index (χ0) is 14.8. The molecule has 1 aliphatic rings. The van der Waals surface area contributed by atoms with Gasteiger partial charge in [-0.2, -0.15) is 0 Å². The molecule has 0 unspecified atom stereocenters. The highest BCUT2D eigenvalue weighted by Gasteiger charge is 2.37. The quantitative estimate of drug-likeness (QED) is 0.771. The zero-order valence-corrected chi connectivity index (χ0v) is 12.2. The molecular weight excluding hydrogens is 258 g/mol. The molecule has 3 rings (SSSR count). The number of allylic oxidation sites excluding steroid dienone is 1. The highest BCUT2D eigenvalue weighted by Crippen LogP contribution is 2.43. The van der Waals surface area contributed by atoms with Crippen molar-refractivity contribution in [2.45, 2.75) is 18.4 Å². The fraction of sp³-hybridized carbons (Fsp3) is 0.211. The van der Waals surface area contributed by atoms with Crippen LogP contribution >= 0.6 is 0 Å². The SMILES string of the molecule is C=CC[C@H]1c2ccccc2C(=O)N(C)[C@@H]1c1ccccc1. The zero-order valence-electron chi connectivity index (χ0n) is 12.2. The van der Waals surface area contributed by atoms with Crippen LogP contribution in [0.15, 0.2) is 67.3 Å². The fourth-order valence-electron chi connectivity index (χ4n) is 3.31. The molecule has 2 aromatic carbocycles. The number of amides is 1. The van der Waals surface area contributed by atoms with E-state index >= 15 is 0 Å². The smallest absolute Gasteiger partial charge is 0.254 e. The number of fused-ring (bicyclic) bond motifs is 1. The van der Waals surface area contributed by atoms with Crippen molar-refractivity contribution in [1.82, 2.24) is 4.90 Å². The minimum Gasteiger partial charge on any atom is -0.334 e. The van der Waals surface area contributed by atoms with Crippen LogP contribution in [0.25, 0.3) is 0 Å². The van der Waals surface area contributed by atoms with Gasteiger partial charge in [0.25, 0.3) is 5.91 Å². The lowest BCUT2D eigenvalue weighted by Gasteiger charge is -2.40. The van der Waals surface area contributed by atoms with Crippen LogP contribution in [-0.4, -0.2) is 17.9 Å². The summed E-state index contributed by atoms with van der Waals surface area (Å²) in [6.07, 6.45) is 2.80. The van der Waals surface area contributed by atoms with Crippen LogP contribution < -0.4 is 0 Å². The van der Waals surface area contributed by atoms with Crippen LogP contribution in [-0.2, 0) is 0 Å². The molecule has 2 aromatic rings. The highest BCUT2D eigenvalue weighted by atomic mass is 16.2. The van der Waals surface area contributed by atoms with E-state index in [0.29, 0.717) is 0 Å². The molecule has 2 heteroatoms. The number of carbonyl (C=O) groups is 1. The molecule has 0 spiro atoms. The monoisotopic (exact) mass is 277 g/mol. The van der Waals surface area contributed by atoms with Crippen molar-refractivity contribution in [3.05, 3.63) is 83.9 Å². The average molecular weight is 277 g/mol. The first-order valence-electron chi connectivity index (χ1n) is 7.26. The molecule has 0 bridgehead atoms. The first-order valence-corrected chi connectivity index (χ1v) is 7.26. The van der Waals surface area contributed by atoms with E-state index in [-0.39, 0.29) is 17.9 Å². The van der Waals surface area contributed by atoms with Crippen LogP contribution in [0.2, 0.25) is 0 Å². The van der Waals surface area contributed by atoms with Gasteiger partial charge in [-0.25, -0.2) is 0 Å². The van der Waals surface area contributed by atoms with Gasteiger partial charge < -0.3 is 4.90 Å². The molecule has 106 valence electrons. The summed E-state index contributed by atoms with van der Waals surface area (Å²) in [6, 6.07) is 18.2. The minimum absolute atomic E-state index is 0.0617. The Hall–Kier alpha value is -2.35. The van der Waals surface area contributed by atoms with E-state index in [4.69, 9.17) is 0 Å². The second-order valence-electron chi connectivity index (χ2n) is 5.49. The van der Waals surface area contributed by atoms with Gasteiger partial charge >= 0.3 is 0 Å². The summed E-state index contributed by atoms with van der Waals surface area (Å²) in [7, 11) is 1.89. The minimum atomic E-state index is 0.0617. The van der Waals surface area contributed by atoms with E-state index in [1.807, 2.05) is 54.4 Å². The van der Waals surface area contributed by atoms with Crippen molar-refractivity contribution >= 4 is 5.91 Å². The molecule has 21 heavy (non-hydrogen) atoms. The number of rotatable bonds is 3. The summed E-state index contributed by atoms with van der Waals surface area (Å²) in [5.74, 6) is 0.351. The molecule has 0 aromatic heterocycles. The lowest BCUT2D eigenvalue weighted by molar-refractivity contribution is 0.0672. The first-order chi connectivity index (χ1) is 10.2. The predicted octanol–water partition coefficient (Wildman–Crippen LogP) is 4.17. The number of benzene rings is 2. The maximum absolute atomic E-state index is 12.7. The van der Waals surface area contributed by atoms with Gasteiger partial charge in [0.2, 0.25) is 0 Å². The molecule has 1 aliphatic heterocycles. The Morgan fingerprint density at radius 3 is 2.48 bits per heavy atom. The van der Waals surface area contributed by atoms with Crippen LogP contribution in [0.4, 0.5) is 0 Å². The maximum atomic E-state index is 12.7. The van der Waals surface area contributed by atoms with Crippen molar-refractivity contribution in [2.75, 3.05) is 7.05 Å². The van der Waals surface area contributed by atoms with Gasteiger partial charge in [-0.3, -0.25) is 4.79 Å². The van der Waals surface area contributed by atoms with E-state index in [1.54, 1.807) is 0 Å². The molecule has 1 heterocycles. The highest BCUT2D eigenvalue weighted by molar-refractivity contribution is 5.97. The van der Waals surface area contributed by atoms with Gasteiger partial charge in [-0.05, 0) is 23.6 Å². The molecule has 0 radical (unpaired) electrons. The third kappa shape index (κ3) is 2.27. The maximum Gasteiger partial charge on any atom is 0.254 e. The van der Waals surface area contributed by atoms with Crippen LogP contribution in [0.1, 0.15) is 39.9 Å². The summed E-state index contributed by atoms with van der Waals surface area (Å²) >= 11 is 0. The summed E-state index contributed by atoms with van der Waals surface area (Å²) in [4.78, 5) is 14.5. The third-order valence-electron chi connectivity index (χ3n) is 4.27. The van der Waals surface area contributed by atoms with E-state index in [0.717, 1.165) is 17.5 Å². The Bertz CT molecular complexity index is 662. The lowest BCUT2D eigenvalue weighted by Crippen LogP contribution is -2.39. The average Bonchev–Trinajstić information content (AvgIpc) is 2.53. The topological polar surface area (TPSA) is 20.3 Å². The number of nitrogens with zero attached hydrogens (tertiary/aromatic N) is 1. The molecule has 0 fully saturated rings. The van der Waals surface area contributed by atoms with E-state index in [9.17, 15) is 4.79 Å². The normalized spacial score (nSPS) is 21.0. The summed E-state index contributed by atoms with van der Waals surface area (Å²) < 4.78 is 0. The Balaban J connectivity index is 2.15. The number of likely N-dealkylation sites (N-methyl/N-ethyl adjacent to an activating group) is 1. The largest absolute Gasteiger partial charge is 0.334 e. The van der Waals surface area contributed by atoms with Crippen LogP contribution in [0.5, 0.6) is 0 Å². The van der Waals surface area contributed by atoms with Crippen molar-refractivity contribution in [3.63, 3.8) is 0 Å². The van der Waals surface area contributed by atoms with Gasteiger partial charge in [0.1, 0.15) is 0 Å². The number of hydrogen-bond acceptors (Lipinski definition) is 1. The predicted molar refractivity (Wildman–Crippen MR) is 85.3 cm³/mol. The van der Waals surface area contributed by atoms with Gasteiger partial charge in [-0.15, -0.1) is 6.58 Å². The van der Waals surface area contributed by atoms with Gasteiger partial charge in [-0.1, -0.05) is 54.6 Å². The second kappa shape index (κ2) is 5.57. The van der Waals surface area contributed by atoms with Gasteiger partial charge in [0, 0.05) is 18.5 Å². The molecule has 1 amide bonds. The fourth-order valence-corrected chi connectivity index (χ4v) is 3.31. The Labute approximate surface area is 125 Å². The van der Waals surface area contributed by atoms with Gasteiger partial charge in [0.15, 0.2) is 0 Å². The third-order valence-corrected chi connectivity index (χ3v) is 4.27. The van der Waals surface area contributed by atoms with E-state index in [2.05, 4.69) is 24.8 Å². The van der Waals surface area contributed by atoms with Crippen LogP contribution in [0.3, 0.4) is 0 Å². The summed E-state index contributed by atoms with van der Waals surface area (Å²) in [5.41, 5.74) is 3.13.